The fraction of sp³-hybridized carbons (Fsp3) is 0. The number of rotatable bonds is 2. The Hall–Kier alpha value is -2.43. The monoisotopic (exact) mass is 215 g/mol. The van der Waals surface area contributed by atoms with E-state index in [1.807, 2.05) is 0 Å². The van der Waals surface area contributed by atoms with Gasteiger partial charge in [-0.3, -0.25) is 0 Å². The van der Waals surface area contributed by atoms with Crippen molar-refractivity contribution in [3.05, 3.63) is 42.6 Å². The van der Waals surface area contributed by atoms with Crippen molar-refractivity contribution < 1.29 is 10.2 Å². The minimum Gasteiger partial charge on any atom is -0.508 e. The average Bonchev–Trinajstić information content (AvgIpc) is 2.29. The van der Waals surface area contributed by atoms with Crippen molar-refractivity contribution in [3.63, 3.8) is 0 Å². The lowest BCUT2D eigenvalue weighted by atomic mass is 10.3. The molecule has 0 spiro atoms. The van der Waals surface area contributed by atoms with Gasteiger partial charge in [0.05, 0.1) is 0 Å². The van der Waals surface area contributed by atoms with Crippen LogP contribution in [0.25, 0.3) is 0 Å². The molecule has 5 heteroatoms. The van der Waals surface area contributed by atoms with Crippen molar-refractivity contribution in [1.29, 1.82) is 0 Å². The summed E-state index contributed by atoms with van der Waals surface area (Å²) in [5.41, 5.74) is 0.281. The summed E-state index contributed by atoms with van der Waals surface area (Å²) >= 11 is 0. The summed E-state index contributed by atoms with van der Waals surface area (Å²) in [7, 11) is 0. The van der Waals surface area contributed by atoms with E-state index < -0.39 is 0 Å². The Morgan fingerprint density at radius 2 is 1.88 bits per heavy atom. The van der Waals surface area contributed by atoms with Crippen LogP contribution < -0.4 is 0 Å². The van der Waals surface area contributed by atoms with Gasteiger partial charge in [-0.25, -0.2) is 4.98 Å². The van der Waals surface area contributed by atoms with E-state index in [9.17, 15) is 5.11 Å². The summed E-state index contributed by atoms with van der Waals surface area (Å²) in [5, 5.41) is 26.2. The Morgan fingerprint density at radius 1 is 1.00 bits per heavy atom. The second-order valence-corrected chi connectivity index (χ2v) is 3.06. The first kappa shape index (κ1) is 10.1. The molecule has 0 aliphatic heterocycles. The molecule has 0 saturated carbocycles. The first-order valence-electron chi connectivity index (χ1n) is 4.60. The maximum absolute atomic E-state index is 9.44. The second kappa shape index (κ2) is 4.39. The van der Waals surface area contributed by atoms with E-state index >= 15 is 0 Å². The first-order valence-corrected chi connectivity index (χ1v) is 4.60. The van der Waals surface area contributed by atoms with Gasteiger partial charge in [0, 0.05) is 12.3 Å². The van der Waals surface area contributed by atoms with Crippen LogP contribution in [0.1, 0.15) is 0 Å². The van der Waals surface area contributed by atoms with E-state index in [-0.39, 0.29) is 17.2 Å². The first-order chi connectivity index (χ1) is 7.75. The van der Waals surface area contributed by atoms with E-state index in [1.165, 1.54) is 18.2 Å². The molecular weight excluding hydrogens is 206 g/mol. The molecule has 0 radical (unpaired) electrons. The van der Waals surface area contributed by atoms with Crippen LogP contribution in [0.2, 0.25) is 0 Å². The van der Waals surface area contributed by atoms with E-state index in [0.29, 0.717) is 5.82 Å². The normalized spacial score (nSPS) is 10.8. The van der Waals surface area contributed by atoms with Crippen molar-refractivity contribution in [2.75, 3.05) is 0 Å². The minimum absolute atomic E-state index is 0.0192. The zero-order valence-corrected chi connectivity index (χ0v) is 8.28. The number of azo groups is 1. The molecule has 0 saturated heterocycles. The predicted molar refractivity (Wildman–Crippen MR) is 58.2 cm³/mol. The largest absolute Gasteiger partial charge is 0.508 e. The van der Waals surface area contributed by atoms with E-state index in [2.05, 4.69) is 15.2 Å². The molecule has 1 aromatic carbocycles. The standard InChI is InChI=1S/C11H9N3O2/c15-8-4-5-9(10(16)7-8)13-14-11-3-1-2-6-12-11/h1-7,15-16H. The van der Waals surface area contributed by atoms with Crippen LogP contribution in [0.3, 0.4) is 0 Å². The number of hydrogen-bond acceptors (Lipinski definition) is 5. The Bertz CT molecular complexity index is 512. The average molecular weight is 215 g/mol. The third-order valence-electron chi connectivity index (χ3n) is 1.87. The topological polar surface area (TPSA) is 78.1 Å². The van der Waals surface area contributed by atoms with Gasteiger partial charge >= 0.3 is 0 Å². The molecule has 80 valence electrons. The SMILES string of the molecule is Oc1ccc(N=Nc2ccccn2)c(O)c1. The van der Waals surface area contributed by atoms with E-state index in [1.54, 1.807) is 24.4 Å². The highest BCUT2D eigenvalue weighted by atomic mass is 16.3. The fourth-order valence-electron chi connectivity index (χ4n) is 1.11. The number of hydrogen-bond donors (Lipinski definition) is 2. The zero-order chi connectivity index (χ0) is 11.4. The number of benzene rings is 1. The molecule has 0 bridgehead atoms. The number of nitrogens with zero attached hydrogens (tertiary/aromatic N) is 3. The maximum Gasteiger partial charge on any atom is 0.174 e. The molecule has 16 heavy (non-hydrogen) atoms. The van der Waals surface area contributed by atoms with Crippen molar-refractivity contribution in [1.82, 2.24) is 4.98 Å². The highest BCUT2D eigenvalue weighted by Crippen LogP contribution is 2.30. The quantitative estimate of drug-likeness (QED) is 0.756. The van der Waals surface area contributed by atoms with Gasteiger partial charge in [-0.2, -0.15) is 0 Å². The lowest BCUT2D eigenvalue weighted by Crippen LogP contribution is -1.70. The van der Waals surface area contributed by atoms with Gasteiger partial charge in [-0.1, -0.05) is 6.07 Å². The van der Waals surface area contributed by atoms with Crippen LogP contribution in [0.4, 0.5) is 11.5 Å². The van der Waals surface area contributed by atoms with Gasteiger partial charge in [0.15, 0.2) is 5.82 Å². The van der Waals surface area contributed by atoms with Gasteiger partial charge in [0.1, 0.15) is 17.2 Å². The Balaban J connectivity index is 2.24. The van der Waals surface area contributed by atoms with Crippen molar-refractivity contribution in [2.24, 2.45) is 10.2 Å². The summed E-state index contributed by atoms with van der Waals surface area (Å²) in [6.07, 6.45) is 1.60. The Labute approximate surface area is 91.7 Å². The Kier molecular flexibility index (Phi) is 2.77. The molecule has 1 heterocycles. The number of phenolic OH excluding ortho intramolecular Hbond substituents is 2. The number of aromatic nitrogens is 1. The van der Waals surface area contributed by atoms with Crippen LogP contribution in [0, 0.1) is 0 Å². The molecule has 2 aromatic rings. The van der Waals surface area contributed by atoms with E-state index in [0.717, 1.165) is 0 Å². The molecule has 1 aromatic heterocycles. The van der Waals surface area contributed by atoms with Crippen LogP contribution in [-0.2, 0) is 0 Å². The molecule has 2 N–H and O–H groups in total. The summed E-state index contributed by atoms with van der Waals surface area (Å²) in [5.74, 6) is 0.309. The lowest BCUT2D eigenvalue weighted by Gasteiger charge is -1.97. The zero-order valence-electron chi connectivity index (χ0n) is 8.28. The molecule has 0 amide bonds. The second-order valence-electron chi connectivity index (χ2n) is 3.06. The van der Waals surface area contributed by atoms with Crippen molar-refractivity contribution in [3.8, 4) is 11.5 Å². The molecule has 5 nitrogen and oxygen atoms in total. The van der Waals surface area contributed by atoms with Crippen LogP contribution in [-0.4, -0.2) is 15.2 Å². The lowest BCUT2D eigenvalue weighted by molar-refractivity contribution is 0.451. The summed E-state index contributed by atoms with van der Waals surface area (Å²) < 4.78 is 0. The van der Waals surface area contributed by atoms with Crippen LogP contribution in [0.15, 0.2) is 52.8 Å². The fourth-order valence-corrected chi connectivity index (χ4v) is 1.11. The number of pyridine rings is 1. The molecule has 2 rings (SSSR count). The molecule has 0 aliphatic rings. The van der Waals surface area contributed by atoms with Gasteiger partial charge in [0.2, 0.25) is 0 Å². The molecule has 0 fully saturated rings. The number of phenols is 2. The number of aromatic hydroxyl groups is 2. The Morgan fingerprint density at radius 3 is 2.56 bits per heavy atom. The summed E-state index contributed by atoms with van der Waals surface area (Å²) in [6.45, 7) is 0. The van der Waals surface area contributed by atoms with Crippen molar-refractivity contribution >= 4 is 11.5 Å². The minimum atomic E-state index is -0.125. The molecule has 0 atom stereocenters. The highest BCUT2D eigenvalue weighted by Gasteiger charge is 2.00. The van der Waals surface area contributed by atoms with E-state index in [4.69, 9.17) is 5.11 Å². The highest BCUT2D eigenvalue weighted by molar-refractivity contribution is 5.53. The molecule has 0 unspecified atom stereocenters. The van der Waals surface area contributed by atoms with Gasteiger partial charge in [-0.05, 0) is 24.3 Å². The van der Waals surface area contributed by atoms with Crippen LogP contribution in [0.5, 0.6) is 11.5 Å². The predicted octanol–water partition coefficient (Wildman–Crippen LogP) is 2.91. The van der Waals surface area contributed by atoms with Crippen molar-refractivity contribution in [2.45, 2.75) is 0 Å². The molecule has 0 aliphatic carbocycles. The van der Waals surface area contributed by atoms with Crippen LogP contribution >= 0.6 is 0 Å². The third kappa shape index (κ3) is 2.33. The summed E-state index contributed by atoms with van der Waals surface area (Å²) in [6, 6.07) is 9.35. The summed E-state index contributed by atoms with van der Waals surface area (Å²) in [4.78, 5) is 3.95. The smallest absolute Gasteiger partial charge is 0.174 e. The molecular formula is C11H9N3O2. The van der Waals surface area contributed by atoms with Gasteiger partial charge in [0.25, 0.3) is 0 Å². The van der Waals surface area contributed by atoms with Gasteiger partial charge < -0.3 is 10.2 Å². The maximum atomic E-state index is 9.44. The third-order valence-corrected chi connectivity index (χ3v) is 1.87. The van der Waals surface area contributed by atoms with Gasteiger partial charge in [-0.15, -0.1) is 10.2 Å².